The highest BCUT2D eigenvalue weighted by atomic mass is 15.2. The first-order chi connectivity index (χ1) is 10.7. The molecule has 0 saturated carbocycles. The molecule has 1 aromatic carbocycles. The molecule has 1 aliphatic rings. The molecule has 2 atom stereocenters. The summed E-state index contributed by atoms with van der Waals surface area (Å²) >= 11 is 0. The average molecular weight is 295 g/mol. The zero-order chi connectivity index (χ0) is 15.4. The van der Waals surface area contributed by atoms with Gasteiger partial charge in [-0.1, -0.05) is 43.3 Å². The lowest BCUT2D eigenvalue weighted by Gasteiger charge is -2.17. The van der Waals surface area contributed by atoms with Gasteiger partial charge in [0.1, 0.15) is 0 Å². The molecule has 1 aromatic heterocycles. The number of nitrogens with zero attached hydrogens (tertiary/aromatic N) is 2. The topological polar surface area (TPSA) is 28.2 Å². The van der Waals surface area contributed by atoms with Gasteiger partial charge in [0.05, 0.1) is 5.69 Å². The maximum absolute atomic E-state index is 4.57. The van der Waals surface area contributed by atoms with Crippen molar-refractivity contribution in [1.82, 2.24) is 15.2 Å². The Bertz CT molecular complexity index is 597. The van der Waals surface area contributed by atoms with Gasteiger partial charge in [-0.15, -0.1) is 0 Å². The van der Waals surface area contributed by atoms with Crippen LogP contribution in [0.4, 0.5) is 0 Å². The van der Waals surface area contributed by atoms with Gasteiger partial charge in [0, 0.05) is 37.9 Å². The van der Waals surface area contributed by atoms with Gasteiger partial charge in [-0.3, -0.25) is 9.88 Å². The molecular formula is C19H25N3. The average Bonchev–Trinajstić information content (AvgIpc) is 2.86. The summed E-state index contributed by atoms with van der Waals surface area (Å²) in [6.45, 7) is 8.56. The lowest BCUT2D eigenvalue weighted by atomic mass is 10.1. The molecule has 1 saturated heterocycles. The Morgan fingerprint density at radius 3 is 2.68 bits per heavy atom. The molecular weight excluding hydrogens is 270 g/mol. The second-order valence-corrected chi connectivity index (χ2v) is 6.41. The van der Waals surface area contributed by atoms with Crippen molar-refractivity contribution in [2.24, 2.45) is 5.92 Å². The number of likely N-dealkylation sites (tertiary alicyclic amines) is 1. The smallest absolute Gasteiger partial charge is 0.0544 e. The minimum absolute atomic E-state index is 0.547. The van der Waals surface area contributed by atoms with Crippen molar-refractivity contribution in [1.29, 1.82) is 0 Å². The molecule has 0 aliphatic carbocycles. The van der Waals surface area contributed by atoms with Crippen LogP contribution in [0.1, 0.15) is 23.9 Å². The van der Waals surface area contributed by atoms with Crippen molar-refractivity contribution in [2.75, 3.05) is 13.1 Å². The quantitative estimate of drug-likeness (QED) is 0.919. The number of aromatic nitrogens is 1. The van der Waals surface area contributed by atoms with Crippen LogP contribution in [0.15, 0.2) is 48.5 Å². The number of nitrogens with one attached hydrogen (secondary N) is 1. The molecule has 22 heavy (non-hydrogen) atoms. The molecule has 2 aromatic rings. The fourth-order valence-corrected chi connectivity index (χ4v) is 3.24. The van der Waals surface area contributed by atoms with Crippen LogP contribution in [0.3, 0.4) is 0 Å². The van der Waals surface area contributed by atoms with Crippen molar-refractivity contribution in [3.05, 3.63) is 65.5 Å². The van der Waals surface area contributed by atoms with E-state index in [0.29, 0.717) is 12.0 Å². The molecule has 3 rings (SSSR count). The Hall–Kier alpha value is -1.71. The van der Waals surface area contributed by atoms with Crippen LogP contribution in [-0.4, -0.2) is 29.0 Å². The van der Waals surface area contributed by atoms with Crippen LogP contribution in [0, 0.1) is 12.8 Å². The second-order valence-electron chi connectivity index (χ2n) is 6.41. The third-order valence-corrected chi connectivity index (χ3v) is 4.43. The van der Waals surface area contributed by atoms with Crippen LogP contribution in [-0.2, 0) is 13.1 Å². The van der Waals surface area contributed by atoms with Gasteiger partial charge in [-0.2, -0.15) is 0 Å². The molecule has 116 valence electrons. The lowest BCUT2D eigenvalue weighted by Crippen LogP contribution is -2.35. The monoisotopic (exact) mass is 295 g/mol. The van der Waals surface area contributed by atoms with E-state index in [0.717, 1.165) is 37.6 Å². The van der Waals surface area contributed by atoms with Gasteiger partial charge in [0.25, 0.3) is 0 Å². The predicted octanol–water partition coefficient (Wildman–Crippen LogP) is 3.00. The van der Waals surface area contributed by atoms with E-state index in [1.165, 1.54) is 5.56 Å². The Morgan fingerprint density at radius 1 is 1.09 bits per heavy atom. The van der Waals surface area contributed by atoms with E-state index < -0.39 is 0 Å². The molecule has 0 amide bonds. The van der Waals surface area contributed by atoms with E-state index >= 15 is 0 Å². The van der Waals surface area contributed by atoms with Crippen LogP contribution in [0.2, 0.25) is 0 Å². The highest BCUT2D eigenvalue weighted by Gasteiger charge is 2.28. The lowest BCUT2D eigenvalue weighted by molar-refractivity contribution is 0.316. The Labute approximate surface area is 133 Å². The normalized spacial score (nSPS) is 22.1. The summed E-state index contributed by atoms with van der Waals surface area (Å²) in [7, 11) is 0. The number of hydrogen-bond acceptors (Lipinski definition) is 3. The maximum Gasteiger partial charge on any atom is 0.0544 e. The van der Waals surface area contributed by atoms with Crippen molar-refractivity contribution in [3.8, 4) is 0 Å². The largest absolute Gasteiger partial charge is 0.307 e. The first-order valence-corrected chi connectivity index (χ1v) is 8.13. The zero-order valence-electron chi connectivity index (χ0n) is 13.5. The summed E-state index contributed by atoms with van der Waals surface area (Å²) in [6, 6.07) is 17.5. The standard InChI is InChI=1S/C19H25N3/c1-15-12-22(13-17-8-4-3-5-9-17)14-19(15)20-11-18-10-6-7-16(2)21-18/h3-10,15,19-20H,11-14H2,1-2H3/t15-,19-/m1/s1. The van der Waals surface area contributed by atoms with Crippen molar-refractivity contribution in [3.63, 3.8) is 0 Å². The van der Waals surface area contributed by atoms with E-state index in [1.54, 1.807) is 0 Å². The first kappa shape index (κ1) is 15.2. The predicted molar refractivity (Wildman–Crippen MR) is 90.5 cm³/mol. The van der Waals surface area contributed by atoms with Crippen molar-refractivity contribution < 1.29 is 0 Å². The van der Waals surface area contributed by atoms with Gasteiger partial charge >= 0.3 is 0 Å². The van der Waals surface area contributed by atoms with Crippen LogP contribution in [0.5, 0.6) is 0 Å². The number of hydrogen-bond donors (Lipinski definition) is 1. The van der Waals surface area contributed by atoms with E-state index in [9.17, 15) is 0 Å². The summed E-state index contributed by atoms with van der Waals surface area (Å²) in [4.78, 5) is 7.11. The highest BCUT2D eigenvalue weighted by molar-refractivity contribution is 5.15. The summed E-state index contributed by atoms with van der Waals surface area (Å²) in [5.74, 6) is 0.675. The molecule has 0 radical (unpaired) electrons. The highest BCUT2D eigenvalue weighted by Crippen LogP contribution is 2.19. The molecule has 2 heterocycles. The van der Waals surface area contributed by atoms with E-state index in [2.05, 4.69) is 64.6 Å². The fraction of sp³-hybridized carbons (Fsp3) is 0.421. The molecule has 0 bridgehead atoms. The minimum atomic E-state index is 0.547. The first-order valence-electron chi connectivity index (χ1n) is 8.13. The molecule has 0 unspecified atom stereocenters. The number of rotatable bonds is 5. The molecule has 0 spiro atoms. The van der Waals surface area contributed by atoms with Crippen LogP contribution >= 0.6 is 0 Å². The summed E-state index contributed by atoms with van der Waals surface area (Å²) in [6.07, 6.45) is 0. The van der Waals surface area contributed by atoms with Gasteiger partial charge in [-0.25, -0.2) is 0 Å². The zero-order valence-corrected chi connectivity index (χ0v) is 13.5. The minimum Gasteiger partial charge on any atom is -0.307 e. The molecule has 3 nitrogen and oxygen atoms in total. The SMILES string of the molecule is Cc1cccc(CN[C@@H]2CN(Cc3ccccc3)C[C@H]2C)n1. The molecule has 3 heteroatoms. The Morgan fingerprint density at radius 2 is 1.91 bits per heavy atom. The van der Waals surface area contributed by atoms with Crippen LogP contribution in [0.25, 0.3) is 0 Å². The second kappa shape index (κ2) is 7.03. The van der Waals surface area contributed by atoms with Crippen molar-refractivity contribution in [2.45, 2.75) is 33.0 Å². The van der Waals surface area contributed by atoms with Gasteiger partial charge < -0.3 is 5.32 Å². The van der Waals surface area contributed by atoms with E-state index in [-0.39, 0.29) is 0 Å². The summed E-state index contributed by atoms with van der Waals surface area (Å²) in [5.41, 5.74) is 3.62. The van der Waals surface area contributed by atoms with Crippen LogP contribution < -0.4 is 5.32 Å². The molecule has 1 aliphatic heterocycles. The Balaban J connectivity index is 1.52. The number of aryl methyl sites for hydroxylation is 1. The van der Waals surface area contributed by atoms with E-state index in [1.807, 2.05) is 13.0 Å². The van der Waals surface area contributed by atoms with E-state index in [4.69, 9.17) is 0 Å². The van der Waals surface area contributed by atoms with Gasteiger partial charge in [0.2, 0.25) is 0 Å². The maximum atomic E-state index is 4.57. The Kier molecular flexibility index (Phi) is 4.86. The molecule has 1 fully saturated rings. The molecule has 1 N–H and O–H groups in total. The van der Waals surface area contributed by atoms with Gasteiger partial charge in [-0.05, 0) is 30.5 Å². The summed E-state index contributed by atoms with van der Waals surface area (Å²) < 4.78 is 0. The summed E-state index contributed by atoms with van der Waals surface area (Å²) in [5, 5.41) is 3.69. The van der Waals surface area contributed by atoms with Crippen molar-refractivity contribution >= 4 is 0 Å². The third kappa shape index (κ3) is 3.93. The number of pyridine rings is 1. The number of benzene rings is 1. The third-order valence-electron chi connectivity index (χ3n) is 4.43. The fourth-order valence-electron chi connectivity index (χ4n) is 3.24. The van der Waals surface area contributed by atoms with Gasteiger partial charge in [0.15, 0.2) is 0 Å².